The predicted molar refractivity (Wildman–Crippen MR) is 134 cm³/mol. The zero-order chi connectivity index (χ0) is 24.1. The molecule has 0 aliphatic heterocycles. The van der Waals surface area contributed by atoms with Crippen molar-refractivity contribution in [3.05, 3.63) is 94.4 Å². The second-order valence-electron chi connectivity index (χ2n) is 8.37. The van der Waals surface area contributed by atoms with Crippen molar-refractivity contribution in [3.63, 3.8) is 0 Å². The number of amides is 2. The van der Waals surface area contributed by atoms with E-state index in [1.807, 2.05) is 69.3 Å². The Bertz CT molecular complexity index is 1330. The maximum Gasteiger partial charge on any atom is 0.322 e. The molecule has 4 aromatic rings. The molecule has 0 spiro atoms. The lowest BCUT2D eigenvalue weighted by atomic mass is 10.1. The summed E-state index contributed by atoms with van der Waals surface area (Å²) in [7, 11) is 0. The number of nitrogens with zero attached hydrogens (tertiary/aromatic N) is 3. The Morgan fingerprint density at radius 2 is 1.94 bits per heavy atom. The molecule has 34 heavy (non-hydrogen) atoms. The lowest BCUT2D eigenvalue weighted by Crippen LogP contribution is -2.40. The van der Waals surface area contributed by atoms with Gasteiger partial charge in [0.25, 0.3) is 5.56 Å². The van der Waals surface area contributed by atoms with E-state index in [4.69, 9.17) is 9.40 Å². The Labute approximate surface area is 199 Å². The fraction of sp³-hybridized carbons (Fsp3) is 0.296. The lowest BCUT2D eigenvalue weighted by molar-refractivity contribution is 0.169. The number of carbonyl (C=O) groups excluding carboxylic acids is 1. The van der Waals surface area contributed by atoms with Gasteiger partial charge in [-0.1, -0.05) is 38.1 Å². The molecule has 2 aromatic carbocycles. The molecule has 0 saturated carbocycles. The summed E-state index contributed by atoms with van der Waals surface area (Å²) in [5.41, 5.74) is 2.31. The molecule has 0 radical (unpaired) electrons. The largest absolute Gasteiger partial charge is 0.467 e. The van der Waals surface area contributed by atoms with Gasteiger partial charge < -0.3 is 14.6 Å². The Hall–Kier alpha value is -3.87. The van der Waals surface area contributed by atoms with Crippen LogP contribution in [0.25, 0.3) is 10.9 Å². The highest BCUT2D eigenvalue weighted by Gasteiger charge is 2.29. The number of anilines is 1. The standard InChI is InChI=1S/C27H30N4O3/c1-4-15-30-25(29-23-14-7-6-13-22(23)26(30)32)24(5-2)31(18-21-12-9-16-34-21)27(33)28-20-11-8-10-19(3)17-20/h6-14,16-17,24H,4-5,15,18H2,1-3H3,(H,28,33). The van der Waals surface area contributed by atoms with Gasteiger partial charge in [-0.3, -0.25) is 9.36 Å². The third kappa shape index (κ3) is 4.88. The molecule has 0 saturated heterocycles. The van der Waals surface area contributed by atoms with Gasteiger partial charge in [-0.25, -0.2) is 9.78 Å². The van der Waals surface area contributed by atoms with E-state index in [0.717, 1.165) is 12.0 Å². The number of aromatic nitrogens is 2. The van der Waals surface area contributed by atoms with E-state index in [1.165, 1.54) is 0 Å². The molecule has 2 heterocycles. The first-order chi connectivity index (χ1) is 16.5. The SMILES string of the molecule is CCCn1c(C(CC)N(Cc2ccco2)C(=O)Nc2cccc(C)c2)nc2ccccc2c1=O. The fourth-order valence-electron chi connectivity index (χ4n) is 4.23. The monoisotopic (exact) mass is 458 g/mol. The van der Waals surface area contributed by atoms with Crippen LogP contribution in [0, 0.1) is 6.92 Å². The Kier molecular flexibility index (Phi) is 7.11. The average Bonchev–Trinajstić information content (AvgIpc) is 3.34. The van der Waals surface area contributed by atoms with E-state index < -0.39 is 6.04 Å². The highest BCUT2D eigenvalue weighted by atomic mass is 16.3. The van der Waals surface area contributed by atoms with Crippen LogP contribution in [-0.4, -0.2) is 20.5 Å². The Balaban J connectivity index is 1.80. The summed E-state index contributed by atoms with van der Waals surface area (Å²) in [6.07, 6.45) is 2.95. The zero-order valence-corrected chi connectivity index (χ0v) is 19.8. The van der Waals surface area contributed by atoms with Crippen molar-refractivity contribution in [1.29, 1.82) is 0 Å². The molecular weight excluding hydrogens is 428 g/mol. The van der Waals surface area contributed by atoms with Crippen molar-refractivity contribution in [2.75, 3.05) is 5.32 Å². The molecule has 1 N–H and O–H groups in total. The molecule has 176 valence electrons. The van der Waals surface area contributed by atoms with Crippen molar-refractivity contribution < 1.29 is 9.21 Å². The summed E-state index contributed by atoms with van der Waals surface area (Å²) >= 11 is 0. The van der Waals surface area contributed by atoms with Crippen molar-refractivity contribution in [1.82, 2.24) is 14.5 Å². The van der Waals surface area contributed by atoms with Crippen molar-refractivity contribution in [2.24, 2.45) is 0 Å². The quantitative estimate of drug-likeness (QED) is 0.357. The summed E-state index contributed by atoms with van der Waals surface area (Å²) in [5.74, 6) is 1.24. The minimum Gasteiger partial charge on any atom is -0.467 e. The number of para-hydroxylation sites is 1. The average molecular weight is 459 g/mol. The number of fused-ring (bicyclic) bond motifs is 1. The maximum atomic E-state index is 13.6. The van der Waals surface area contributed by atoms with Gasteiger partial charge in [0.1, 0.15) is 11.6 Å². The van der Waals surface area contributed by atoms with E-state index in [-0.39, 0.29) is 18.1 Å². The van der Waals surface area contributed by atoms with E-state index in [9.17, 15) is 9.59 Å². The summed E-state index contributed by atoms with van der Waals surface area (Å²) in [4.78, 5) is 33.6. The van der Waals surface area contributed by atoms with Gasteiger partial charge in [0.2, 0.25) is 0 Å². The van der Waals surface area contributed by atoms with Gasteiger partial charge in [0.05, 0.1) is 29.8 Å². The number of hydrogen-bond acceptors (Lipinski definition) is 4. The topological polar surface area (TPSA) is 80.4 Å². The number of aryl methyl sites for hydroxylation is 1. The third-order valence-corrected chi connectivity index (χ3v) is 5.84. The van der Waals surface area contributed by atoms with E-state index in [2.05, 4.69) is 5.32 Å². The molecule has 0 aliphatic rings. The zero-order valence-electron chi connectivity index (χ0n) is 19.8. The molecule has 2 aromatic heterocycles. The number of hydrogen-bond donors (Lipinski definition) is 1. The maximum absolute atomic E-state index is 13.6. The molecule has 7 nitrogen and oxygen atoms in total. The van der Waals surface area contributed by atoms with Crippen LogP contribution < -0.4 is 10.9 Å². The first kappa shape index (κ1) is 23.3. The first-order valence-electron chi connectivity index (χ1n) is 11.7. The molecule has 1 atom stereocenters. The number of rotatable bonds is 8. The summed E-state index contributed by atoms with van der Waals surface area (Å²) in [6, 6.07) is 17.9. The lowest BCUT2D eigenvalue weighted by Gasteiger charge is -2.32. The molecule has 0 aliphatic carbocycles. The van der Waals surface area contributed by atoms with Crippen LogP contribution in [0.3, 0.4) is 0 Å². The number of furan rings is 1. The molecule has 1 unspecified atom stereocenters. The van der Waals surface area contributed by atoms with Crippen LogP contribution in [-0.2, 0) is 13.1 Å². The van der Waals surface area contributed by atoms with E-state index in [1.54, 1.807) is 27.9 Å². The number of benzene rings is 2. The number of nitrogens with one attached hydrogen (secondary N) is 1. The van der Waals surface area contributed by atoms with Gasteiger partial charge in [-0.15, -0.1) is 0 Å². The highest BCUT2D eigenvalue weighted by molar-refractivity contribution is 5.89. The van der Waals surface area contributed by atoms with Crippen LogP contribution in [0.15, 0.2) is 76.1 Å². The van der Waals surface area contributed by atoms with Crippen LogP contribution in [0.4, 0.5) is 10.5 Å². The molecule has 0 fully saturated rings. The fourth-order valence-corrected chi connectivity index (χ4v) is 4.23. The molecular formula is C27H30N4O3. The predicted octanol–water partition coefficient (Wildman–Crippen LogP) is 5.89. The minimum absolute atomic E-state index is 0.0852. The third-order valence-electron chi connectivity index (χ3n) is 5.84. The molecule has 2 amide bonds. The summed E-state index contributed by atoms with van der Waals surface area (Å²) < 4.78 is 7.29. The van der Waals surface area contributed by atoms with Gasteiger partial charge in [0.15, 0.2) is 0 Å². The van der Waals surface area contributed by atoms with E-state index in [0.29, 0.717) is 41.1 Å². The van der Waals surface area contributed by atoms with E-state index >= 15 is 0 Å². The summed E-state index contributed by atoms with van der Waals surface area (Å²) in [6.45, 7) is 6.77. The number of carbonyl (C=O) groups is 1. The minimum atomic E-state index is -0.432. The Morgan fingerprint density at radius 1 is 1.12 bits per heavy atom. The van der Waals surface area contributed by atoms with Crippen LogP contribution >= 0.6 is 0 Å². The highest BCUT2D eigenvalue weighted by Crippen LogP contribution is 2.27. The van der Waals surface area contributed by atoms with Gasteiger partial charge in [-0.05, 0) is 61.7 Å². The van der Waals surface area contributed by atoms with Crippen molar-refractivity contribution in [2.45, 2.75) is 52.7 Å². The van der Waals surface area contributed by atoms with Crippen molar-refractivity contribution in [3.8, 4) is 0 Å². The van der Waals surface area contributed by atoms with Gasteiger partial charge >= 0.3 is 6.03 Å². The number of urea groups is 1. The molecule has 4 rings (SSSR count). The second kappa shape index (κ2) is 10.4. The Morgan fingerprint density at radius 3 is 2.65 bits per heavy atom. The van der Waals surface area contributed by atoms with Crippen LogP contribution in [0.5, 0.6) is 0 Å². The second-order valence-corrected chi connectivity index (χ2v) is 8.37. The van der Waals surface area contributed by atoms with Crippen LogP contribution in [0.1, 0.15) is 49.9 Å². The van der Waals surface area contributed by atoms with Gasteiger partial charge in [-0.2, -0.15) is 0 Å². The molecule has 0 bridgehead atoms. The first-order valence-corrected chi connectivity index (χ1v) is 11.7. The molecule has 7 heteroatoms. The summed E-state index contributed by atoms with van der Waals surface area (Å²) in [5, 5.41) is 3.59. The smallest absolute Gasteiger partial charge is 0.322 e. The van der Waals surface area contributed by atoms with Crippen molar-refractivity contribution >= 4 is 22.6 Å². The van der Waals surface area contributed by atoms with Crippen LogP contribution in [0.2, 0.25) is 0 Å². The van der Waals surface area contributed by atoms with Gasteiger partial charge in [0, 0.05) is 12.2 Å². The normalized spacial score (nSPS) is 12.0.